The third-order valence-electron chi connectivity index (χ3n) is 3.60. The van der Waals surface area contributed by atoms with Crippen LogP contribution in [0.4, 0.5) is 0 Å². The van der Waals surface area contributed by atoms with Gasteiger partial charge < -0.3 is 10.1 Å². The Bertz CT molecular complexity index is 221. The Labute approximate surface area is 113 Å². The van der Waals surface area contributed by atoms with E-state index in [-0.39, 0.29) is 5.54 Å². The molecule has 1 aliphatic carbocycles. The Morgan fingerprint density at radius 2 is 2.00 bits per heavy atom. The van der Waals surface area contributed by atoms with Crippen molar-refractivity contribution in [1.29, 1.82) is 0 Å². The van der Waals surface area contributed by atoms with Crippen molar-refractivity contribution in [2.24, 2.45) is 5.92 Å². The van der Waals surface area contributed by atoms with E-state index in [1.165, 1.54) is 19.3 Å². The van der Waals surface area contributed by atoms with Gasteiger partial charge in [0.15, 0.2) is 0 Å². The minimum atomic E-state index is 0.205. The molecule has 0 aromatic rings. The molecular weight excluding hydrogens is 224 g/mol. The number of nitrogens with zero attached hydrogens (tertiary/aromatic N) is 1. The van der Waals surface area contributed by atoms with Crippen LogP contribution in [0.1, 0.15) is 47.0 Å². The van der Waals surface area contributed by atoms with E-state index in [4.69, 9.17) is 4.74 Å². The van der Waals surface area contributed by atoms with Crippen molar-refractivity contribution in [3.63, 3.8) is 0 Å². The molecule has 0 bridgehead atoms. The van der Waals surface area contributed by atoms with Gasteiger partial charge in [-0.1, -0.05) is 6.92 Å². The maximum atomic E-state index is 5.71. The minimum Gasteiger partial charge on any atom is -0.380 e. The smallest absolute Gasteiger partial charge is 0.0593 e. The largest absolute Gasteiger partial charge is 0.380 e. The number of nitrogens with one attached hydrogen (secondary N) is 1. The third kappa shape index (κ3) is 7.34. The highest BCUT2D eigenvalue weighted by atomic mass is 16.5. The van der Waals surface area contributed by atoms with Crippen molar-refractivity contribution in [2.45, 2.75) is 58.5 Å². The normalized spacial score (nSPS) is 18.3. The van der Waals surface area contributed by atoms with Crippen molar-refractivity contribution in [1.82, 2.24) is 10.2 Å². The molecule has 0 aromatic carbocycles. The van der Waals surface area contributed by atoms with Gasteiger partial charge in [0.25, 0.3) is 0 Å². The van der Waals surface area contributed by atoms with E-state index in [2.05, 4.69) is 45.0 Å². The second kappa shape index (κ2) is 7.46. The predicted molar refractivity (Wildman–Crippen MR) is 78.0 cm³/mol. The van der Waals surface area contributed by atoms with Crippen molar-refractivity contribution in [3.8, 4) is 0 Å². The minimum absolute atomic E-state index is 0.205. The molecule has 1 unspecified atom stereocenters. The van der Waals surface area contributed by atoms with Crippen LogP contribution in [-0.4, -0.2) is 49.8 Å². The summed E-state index contributed by atoms with van der Waals surface area (Å²) in [6.07, 6.45) is 3.94. The molecule has 1 rings (SSSR count). The molecule has 0 amide bonds. The van der Waals surface area contributed by atoms with Gasteiger partial charge >= 0.3 is 0 Å². The molecule has 1 saturated carbocycles. The van der Waals surface area contributed by atoms with Crippen LogP contribution in [0.15, 0.2) is 0 Å². The maximum Gasteiger partial charge on any atom is 0.0593 e. The second-order valence-corrected chi connectivity index (χ2v) is 6.69. The lowest BCUT2D eigenvalue weighted by Gasteiger charge is -2.31. The van der Waals surface area contributed by atoms with Crippen LogP contribution in [0, 0.1) is 5.92 Å². The summed E-state index contributed by atoms with van der Waals surface area (Å²) in [6.45, 7) is 12.9. The number of ether oxygens (including phenoxy) is 1. The summed E-state index contributed by atoms with van der Waals surface area (Å²) in [4.78, 5) is 2.42. The van der Waals surface area contributed by atoms with E-state index in [0.717, 1.165) is 32.2 Å². The summed E-state index contributed by atoms with van der Waals surface area (Å²) in [7, 11) is 2.21. The Morgan fingerprint density at radius 1 is 1.33 bits per heavy atom. The van der Waals surface area contributed by atoms with Crippen LogP contribution in [0.5, 0.6) is 0 Å². The molecule has 0 radical (unpaired) electrons. The van der Waals surface area contributed by atoms with Crippen molar-refractivity contribution in [2.75, 3.05) is 33.4 Å². The molecule has 1 N–H and O–H groups in total. The molecule has 0 aromatic heterocycles. The van der Waals surface area contributed by atoms with Gasteiger partial charge in [-0.3, -0.25) is 4.90 Å². The fourth-order valence-electron chi connectivity index (χ4n) is 1.96. The zero-order chi connectivity index (χ0) is 13.6. The van der Waals surface area contributed by atoms with Crippen molar-refractivity contribution < 1.29 is 4.74 Å². The van der Waals surface area contributed by atoms with Crippen molar-refractivity contribution in [3.05, 3.63) is 0 Å². The van der Waals surface area contributed by atoms with E-state index >= 15 is 0 Å². The lowest BCUT2D eigenvalue weighted by atomic mass is 10.1. The van der Waals surface area contributed by atoms with Gasteiger partial charge in [0, 0.05) is 31.3 Å². The standard InChI is InChI=1S/C15H32N2O/c1-6-14(11-16-15(2,3)4)17(5)9-10-18-12-13-7-8-13/h13-14,16H,6-12H2,1-5H3. The summed E-state index contributed by atoms with van der Waals surface area (Å²) in [5.41, 5.74) is 0.205. The zero-order valence-electron chi connectivity index (χ0n) is 13.0. The molecule has 108 valence electrons. The first-order valence-corrected chi connectivity index (χ1v) is 7.45. The van der Waals surface area contributed by atoms with E-state index in [1.807, 2.05) is 0 Å². The summed E-state index contributed by atoms with van der Waals surface area (Å²) in [6, 6.07) is 0.605. The van der Waals surface area contributed by atoms with Gasteiger partial charge in [-0.05, 0) is 53.0 Å². The Balaban J connectivity index is 2.12. The van der Waals surface area contributed by atoms with E-state index < -0.39 is 0 Å². The Morgan fingerprint density at radius 3 is 2.50 bits per heavy atom. The van der Waals surface area contributed by atoms with E-state index in [1.54, 1.807) is 0 Å². The number of hydrogen-bond donors (Lipinski definition) is 1. The summed E-state index contributed by atoms with van der Waals surface area (Å²) < 4.78 is 5.71. The van der Waals surface area contributed by atoms with Crippen LogP contribution in [0.25, 0.3) is 0 Å². The Hall–Kier alpha value is -0.120. The monoisotopic (exact) mass is 256 g/mol. The number of rotatable bonds is 9. The first-order chi connectivity index (χ1) is 8.42. The number of hydrogen-bond acceptors (Lipinski definition) is 3. The highest BCUT2D eigenvalue weighted by Gasteiger charge is 2.21. The molecule has 0 aliphatic heterocycles. The molecular formula is C15H32N2O. The molecule has 3 heteroatoms. The van der Waals surface area contributed by atoms with Crippen LogP contribution >= 0.6 is 0 Å². The third-order valence-corrected chi connectivity index (χ3v) is 3.60. The van der Waals surface area contributed by atoms with Gasteiger partial charge in [-0.2, -0.15) is 0 Å². The second-order valence-electron chi connectivity index (χ2n) is 6.69. The van der Waals surface area contributed by atoms with Crippen LogP contribution in [-0.2, 0) is 4.74 Å². The maximum absolute atomic E-state index is 5.71. The Kier molecular flexibility index (Phi) is 6.61. The first kappa shape index (κ1) is 15.9. The molecule has 0 spiro atoms. The first-order valence-electron chi connectivity index (χ1n) is 7.45. The van der Waals surface area contributed by atoms with Gasteiger partial charge in [-0.25, -0.2) is 0 Å². The average Bonchev–Trinajstić information content (AvgIpc) is 3.07. The van der Waals surface area contributed by atoms with Crippen LogP contribution < -0.4 is 5.32 Å². The summed E-state index contributed by atoms with van der Waals surface area (Å²) in [5, 5.41) is 3.59. The summed E-state index contributed by atoms with van der Waals surface area (Å²) >= 11 is 0. The lowest BCUT2D eigenvalue weighted by molar-refractivity contribution is 0.0891. The van der Waals surface area contributed by atoms with Gasteiger partial charge in [0.2, 0.25) is 0 Å². The molecule has 1 fully saturated rings. The highest BCUT2D eigenvalue weighted by Crippen LogP contribution is 2.28. The van der Waals surface area contributed by atoms with E-state index in [9.17, 15) is 0 Å². The van der Waals surface area contributed by atoms with Gasteiger partial charge in [0.1, 0.15) is 0 Å². The van der Waals surface area contributed by atoms with Crippen LogP contribution in [0.3, 0.4) is 0 Å². The molecule has 18 heavy (non-hydrogen) atoms. The van der Waals surface area contributed by atoms with Crippen LogP contribution in [0.2, 0.25) is 0 Å². The quantitative estimate of drug-likeness (QED) is 0.642. The fourth-order valence-corrected chi connectivity index (χ4v) is 1.96. The topological polar surface area (TPSA) is 24.5 Å². The lowest BCUT2D eigenvalue weighted by Crippen LogP contribution is -2.47. The molecule has 0 saturated heterocycles. The molecule has 1 aliphatic rings. The van der Waals surface area contributed by atoms with Gasteiger partial charge in [-0.15, -0.1) is 0 Å². The highest BCUT2D eigenvalue weighted by molar-refractivity contribution is 4.77. The molecule has 0 heterocycles. The number of likely N-dealkylation sites (N-methyl/N-ethyl adjacent to an activating group) is 1. The van der Waals surface area contributed by atoms with Gasteiger partial charge in [0.05, 0.1) is 6.61 Å². The average molecular weight is 256 g/mol. The fraction of sp³-hybridized carbons (Fsp3) is 1.00. The SMILES string of the molecule is CCC(CNC(C)(C)C)N(C)CCOCC1CC1. The molecule has 1 atom stereocenters. The molecule has 3 nitrogen and oxygen atoms in total. The van der Waals surface area contributed by atoms with E-state index in [0.29, 0.717) is 6.04 Å². The summed E-state index contributed by atoms with van der Waals surface area (Å²) in [5.74, 6) is 0.875. The van der Waals surface area contributed by atoms with Crippen molar-refractivity contribution >= 4 is 0 Å². The predicted octanol–water partition coefficient (Wildman–Crippen LogP) is 2.51. The zero-order valence-corrected chi connectivity index (χ0v) is 13.0.